The van der Waals surface area contributed by atoms with Crippen LogP contribution in [0.2, 0.25) is 0 Å². The molecule has 0 aliphatic carbocycles. The van der Waals surface area contributed by atoms with Crippen LogP contribution < -0.4 is 10.1 Å². The van der Waals surface area contributed by atoms with Crippen molar-refractivity contribution in [1.29, 1.82) is 0 Å². The third-order valence-electron chi connectivity index (χ3n) is 6.14. The van der Waals surface area contributed by atoms with E-state index >= 15 is 0 Å². The summed E-state index contributed by atoms with van der Waals surface area (Å²) in [5.74, 6) is -0.221. The van der Waals surface area contributed by atoms with Gasteiger partial charge in [0, 0.05) is 32.2 Å². The van der Waals surface area contributed by atoms with Crippen molar-refractivity contribution in [2.45, 2.75) is 44.1 Å². The molecule has 3 heterocycles. The topological polar surface area (TPSA) is 105 Å². The molecule has 2 amide bonds. The molecule has 1 aromatic carbocycles. The van der Waals surface area contributed by atoms with E-state index in [4.69, 9.17) is 9.47 Å². The van der Waals surface area contributed by atoms with Gasteiger partial charge in [-0.1, -0.05) is 6.92 Å². The number of carbonyl (C=O) groups is 2. The molecule has 170 valence electrons. The van der Waals surface area contributed by atoms with Crippen molar-refractivity contribution < 1.29 is 27.5 Å². The largest absolute Gasteiger partial charge is 0.478 e. The zero-order valence-corrected chi connectivity index (χ0v) is 18.7. The quantitative estimate of drug-likeness (QED) is 0.741. The normalized spacial score (nSPS) is 24.8. The lowest BCUT2D eigenvalue weighted by molar-refractivity contribution is -0.140. The van der Waals surface area contributed by atoms with Gasteiger partial charge in [-0.25, -0.2) is 8.42 Å². The predicted octanol–water partition coefficient (Wildman–Crippen LogP) is 1.36. The number of ether oxygens (including phenoxy) is 2. The summed E-state index contributed by atoms with van der Waals surface area (Å²) in [7, 11) is -3.82. The van der Waals surface area contributed by atoms with E-state index in [-0.39, 0.29) is 29.2 Å². The Morgan fingerprint density at radius 3 is 2.68 bits per heavy atom. The maximum atomic E-state index is 13.5. The number of hydrogen-bond acceptors (Lipinski definition) is 6. The highest BCUT2D eigenvalue weighted by molar-refractivity contribution is 7.89. The van der Waals surface area contributed by atoms with Gasteiger partial charge in [0.05, 0.1) is 29.7 Å². The first-order valence-corrected chi connectivity index (χ1v) is 12.2. The fourth-order valence-electron chi connectivity index (χ4n) is 4.37. The first-order valence-electron chi connectivity index (χ1n) is 10.8. The lowest BCUT2D eigenvalue weighted by Crippen LogP contribution is -2.49. The van der Waals surface area contributed by atoms with Gasteiger partial charge < -0.3 is 19.7 Å². The van der Waals surface area contributed by atoms with Gasteiger partial charge in [-0.15, -0.1) is 0 Å². The minimum Gasteiger partial charge on any atom is -0.478 e. The molecule has 2 atom stereocenters. The number of piperidine rings is 1. The maximum absolute atomic E-state index is 13.5. The van der Waals surface area contributed by atoms with Crippen LogP contribution in [0.25, 0.3) is 0 Å². The molecule has 2 saturated heterocycles. The number of hydrogen-bond donors (Lipinski definition) is 1. The fraction of sp³-hybridized carbons (Fsp3) is 0.619. The number of nitrogens with zero attached hydrogens (tertiary/aromatic N) is 2. The summed E-state index contributed by atoms with van der Waals surface area (Å²) in [5.41, 5.74) is 1.00. The molecule has 4 rings (SSSR count). The minimum absolute atomic E-state index is 0.00203. The van der Waals surface area contributed by atoms with Crippen LogP contribution in [0.15, 0.2) is 17.0 Å². The Kier molecular flexibility index (Phi) is 6.23. The van der Waals surface area contributed by atoms with Crippen LogP contribution in [-0.4, -0.2) is 74.9 Å². The number of carbonyl (C=O) groups excluding carboxylic acids is 2. The SMILES string of the molecule is CC[C@@H]1Oc2cc(S(=O)(=O)N3CCC[C@H](C(=O)N4CCOCC4)C3)c(C)cc2NC1=O. The second kappa shape index (κ2) is 8.76. The molecule has 0 unspecified atom stereocenters. The predicted molar refractivity (Wildman–Crippen MR) is 113 cm³/mol. The van der Waals surface area contributed by atoms with Crippen LogP contribution >= 0.6 is 0 Å². The Morgan fingerprint density at radius 2 is 1.97 bits per heavy atom. The maximum Gasteiger partial charge on any atom is 0.265 e. The highest BCUT2D eigenvalue weighted by atomic mass is 32.2. The van der Waals surface area contributed by atoms with Crippen molar-refractivity contribution >= 4 is 27.5 Å². The molecule has 3 aliphatic heterocycles. The van der Waals surface area contributed by atoms with Gasteiger partial charge in [0.1, 0.15) is 5.75 Å². The van der Waals surface area contributed by atoms with Gasteiger partial charge in [-0.3, -0.25) is 9.59 Å². The van der Waals surface area contributed by atoms with Crippen LogP contribution in [0, 0.1) is 12.8 Å². The zero-order valence-electron chi connectivity index (χ0n) is 17.9. The zero-order chi connectivity index (χ0) is 22.2. The van der Waals surface area contributed by atoms with Crippen molar-refractivity contribution in [3.05, 3.63) is 17.7 Å². The number of aryl methyl sites for hydroxylation is 1. The first-order chi connectivity index (χ1) is 14.8. The molecule has 0 radical (unpaired) electrons. The van der Waals surface area contributed by atoms with Gasteiger partial charge in [-0.2, -0.15) is 4.31 Å². The summed E-state index contributed by atoms with van der Waals surface area (Å²) >= 11 is 0. The number of fused-ring (bicyclic) bond motifs is 1. The van der Waals surface area contributed by atoms with Gasteiger partial charge in [-0.05, 0) is 37.8 Å². The summed E-state index contributed by atoms with van der Waals surface area (Å²) < 4.78 is 39.4. The second-order valence-electron chi connectivity index (χ2n) is 8.26. The molecule has 0 saturated carbocycles. The highest BCUT2D eigenvalue weighted by Crippen LogP contribution is 2.36. The number of morpholine rings is 1. The van der Waals surface area contributed by atoms with Crippen LogP contribution in [0.3, 0.4) is 0 Å². The van der Waals surface area contributed by atoms with Crippen molar-refractivity contribution in [3.8, 4) is 5.75 Å². The van der Waals surface area contributed by atoms with Crippen LogP contribution in [-0.2, 0) is 24.3 Å². The summed E-state index contributed by atoms with van der Waals surface area (Å²) in [6, 6.07) is 3.13. The number of anilines is 1. The standard InChI is InChI=1S/C21H29N3O6S/c1-3-17-20(25)22-16-11-14(2)19(12-18(16)30-17)31(27,28)24-6-4-5-15(13-24)21(26)23-7-9-29-10-8-23/h11-12,15,17H,3-10,13H2,1-2H3,(H,22,25)/t15-,17-/m0/s1. The van der Waals surface area contributed by atoms with E-state index < -0.39 is 16.1 Å². The molecule has 31 heavy (non-hydrogen) atoms. The van der Waals surface area contributed by atoms with Gasteiger partial charge in [0.2, 0.25) is 15.9 Å². The molecule has 0 aromatic heterocycles. The van der Waals surface area contributed by atoms with Crippen LogP contribution in [0.4, 0.5) is 5.69 Å². The van der Waals surface area contributed by atoms with E-state index in [2.05, 4.69) is 5.32 Å². The van der Waals surface area contributed by atoms with E-state index in [0.29, 0.717) is 69.1 Å². The van der Waals surface area contributed by atoms with Gasteiger partial charge in [0.25, 0.3) is 5.91 Å². The van der Waals surface area contributed by atoms with Crippen molar-refractivity contribution in [2.75, 3.05) is 44.7 Å². The van der Waals surface area contributed by atoms with Crippen LogP contribution in [0.5, 0.6) is 5.75 Å². The number of amides is 2. The van der Waals surface area contributed by atoms with E-state index in [9.17, 15) is 18.0 Å². The fourth-order valence-corrected chi connectivity index (χ4v) is 6.12. The third kappa shape index (κ3) is 4.28. The lowest BCUT2D eigenvalue weighted by atomic mass is 9.98. The highest BCUT2D eigenvalue weighted by Gasteiger charge is 2.37. The minimum atomic E-state index is -3.82. The second-order valence-corrected chi connectivity index (χ2v) is 10.2. The Labute approximate surface area is 182 Å². The molecule has 0 spiro atoms. The Bertz CT molecular complexity index is 974. The Hall–Kier alpha value is -2.17. The number of nitrogens with one attached hydrogen (secondary N) is 1. The molecule has 9 nitrogen and oxygen atoms in total. The molecule has 1 aromatic rings. The summed E-state index contributed by atoms with van der Waals surface area (Å²) in [6.07, 6.45) is 1.16. The molecule has 2 fully saturated rings. The van der Waals surface area contributed by atoms with Gasteiger partial charge in [0.15, 0.2) is 6.10 Å². The molecule has 1 N–H and O–H groups in total. The molecule has 0 bridgehead atoms. The van der Waals surface area contributed by atoms with Gasteiger partial charge >= 0.3 is 0 Å². The van der Waals surface area contributed by atoms with E-state index in [0.717, 1.165) is 0 Å². The van der Waals surface area contributed by atoms with Crippen LogP contribution in [0.1, 0.15) is 31.7 Å². The average Bonchev–Trinajstić information content (AvgIpc) is 2.78. The lowest BCUT2D eigenvalue weighted by Gasteiger charge is -2.36. The Balaban J connectivity index is 1.56. The number of sulfonamides is 1. The first kappa shape index (κ1) is 22.0. The van der Waals surface area contributed by atoms with E-state index in [1.807, 2.05) is 6.92 Å². The molecular formula is C21H29N3O6S. The molecule has 10 heteroatoms. The van der Waals surface area contributed by atoms with E-state index in [1.165, 1.54) is 10.4 Å². The van der Waals surface area contributed by atoms with Crippen molar-refractivity contribution in [2.24, 2.45) is 5.92 Å². The van der Waals surface area contributed by atoms with Crippen molar-refractivity contribution in [1.82, 2.24) is 9.21 Å². The van der Waals surface area contributed by atoms with E-state index in [1.54, 1.807) is 17.9 Å². The third-order valence-corrected chi connectivity index (χ3v) is 8.15. The number of rotatable bonds is 4. The average molecular weight is 452 g/mol. The summed E-state index contributed by atoms with van der Waals surface area (Å²) in [5, 5.41) is 2.79. The summed E-state index contributed by atoms with van der Waals surface area (Å²) in [6.45, 7) is 6.21. The summed E-state index contributed by atoms with van der Waals surface area (Å²) in [4.78, 5) is 26.9. The monoisotopic (exact) mass is 451 g/mol. The van der Waals surface area contributed by atoms with Crippen molar-refractivity contribution in [3.63, 3.8) is 0 Å². The molecule has 3 aliphatic rings. The Morgan fingerprint density at radius 1 is 1.23 bits per heavy atom. The number of benzene rings is 1. The smallest absolute Gasteiger partial charge is 0.265 e. The molecular weight excluding hydrogens is 422 g/mol.